The normalized spacial score (nSPS) is 16.6. The van der Waals surface area contributed by atoms with Gasteiger partial charge in [-0.15, -0.1) is 0 Å². The standard InChI is InChI=1S/C15H28N4O8/c1-6(2)10(13(24)17-9(5-21)15(26)27)18-14(25)11(7(3)22)19-12(23)8(16)4-20/h6-11,20-22H,4-5,16H2,1-3H3,(H,17,24)(H,18,25)(H,19,23)(H,26,27). The van der Waals surface area contributed by atoms with Gasteiger partial charge in [0.05, 0.1) is 19.3 Å². The van der Waals surface area contributed by atoms with Crippen LogP contribution in [0.25, 0.3) is 0 Å². The minimum absolute atomic E-state index is 0.480. The van der Waals surface area contributed by atoms with Gasteiger partial charge in [0.25, 0.3) is 0 Å². The second kappa shape index (κ2) is 11.4. The first-order valence-corrected chi connectivity index (χ1v) is 8.25. The van der Waals surface area contributed by atoms with Crippen LogP contribution in [0.5, 0.6) is 0 Å². The van der Waals surface area contributed by atoms with Crippen molar-refractivity contribution in [3.8, 4) is 0 Å². The second-order valence-electron chi connectivity index (χ2n) is 6.33. The van der Waals surface area contributed by atoms with E-state index in [-0.39, 0.29) is 0 Å². The molecule has 0 radical (unpaired) electrons. The zero-order chi connectivity index (χ0) is 21.3. The quantitative estimate of drug-likeness (QED) is 0.171. The minimum Gasteiger partial charge on any atom is -0.480 e. The van der Waals surface area contributed by atoms with Crippen molar-refractivity contribution in [1.29, 1.82) is 0 Å². The highest BCUT2D eigenvalue weighted by Crippen LogP contribution is 2.05. The summed E-state index contributed by atoms with van der Waals surface area (Å²) in [5.41, 5.74) is 5.34. The average Bonchev–Trinajstić information content (AvgIpc) is 2.59. The Morgan fingerprint density at radius 2 is 1.33 bits per heavy atom. The molecule has 9 N–H and O–H groups in total. The fourth-order valence-corrected chi connectivity index (χ4v) is 1.97. The number of amides is 3. The molecule has 0 aliphatic carbocycles. The number of carbonyl (C=O) groups excluding carboxylic acids is 3. The lowest BCUT2D eigenvalue weighted by molar-refractivity contribution is -0.143. The van der Waals surface area contributed by atoms with Gasteiger partial charge in [-0.2, -0.15) is 0 Å². The molecule has 0 bridgehead atoms. The van der Waals surface area contributed by atoms with Crippen LogP contribution < -0.4 is 21.7 Å². The molecule has 12 heteroatoms. The molecule has 3 amide bonds. The SMILES string of the molecule is CC(C)C(NC(=O)C(NC(=O)C(N)CO)C(C)O)C(=O)NC(CO)C(=O)O. The number of nitrogens with one attached hydrogen (secondary N) is 3. The summed E-state index contributed by atoms with van der Waals surface area (Å²) in [4.78, 5) is 47.3. The summed E-state index contributed by atoms with van der Waals surface area (Å²) in [6.45, 7) is 2.87. The fourth-order valence-electron chi connectivity index (χ4n) is 1.97. The number of aliphatic hydroxyl groups is 3. The summed E-state index contributed by atoms with van der Waals surface area (Å²) in [5, 5.41) is 43.1. The predicted molar refractivity (Wildman–Crippen MR) is 92.1 cm³/mol. The summed E-state index contributed by atoms with van der Waals surface area (Å²) in [6.07, 6.45) is -1.35. The topological polar surface area (TPSA) is 211 Å². The monoisotopic (exact) mass is 392 g/mol. The molecule has 27 heavy (non-hydrogen) atoms. The molecule has 5 unspecified atom stereocenters. The van der Waals surface area contributed by atoms with E-state index in [0.717, 1.165) is 0 Å². The van der Waals surface area contributed by atoms with Crippen molar-refractivity contribution in [2.24, 2.45) is 11.7 Å². The number of carbonyl (C=O) groups is 4. The maximum absolute atomic E-state index is 12.4. The average molecular weight is 392 g/mol. The Morgan fingerprint density at radius 3 is 1.70 bits per heavy atom. The summed E-state index contributed by atoms with van der Waals surface area (Å²) >= 11 is 0. The summed E-state index contributed by atoms with van der Waals surface area (Å²) in [5.74, 6) is -4.58. The molecule has 0 heterocycles. The number of carboxylic acid groups (broad SMARTS) is 1. The molecule has 0 aromatic rings. The molecule has 156 valence electrons. The Kier molecular flexibility index (Phi) is 10.5. The van der Waals surface area contributed by atoms with Crippen molar-refractivity contribution in [2.45, 2.75) is 51.0 Å². The van der Waals surface area contributed by atoms with Crippen molar-refractivity contribution in [3.63, 3.8) is 0 Å². The first-order chi connectivity index (χ1) is 12.5. The van der Waals surface area contributed by atoms with Gasteiger partial charge in [0.2, 0.25) is 17.7 Å². The zero-order valence-corrected chi connectivity index (χ0v) is 15.4. The van der Waals surface area contributed by atoms with E-state index in [9.17, 15) is 24.3 Å². The van der Waals surface area contributed by atoms with Crippen molar-refractivity contribution < 1.29 is 39.6 Å². The highest BCUT2D eigenvalue weighted by Gasteiger charge is 2.33. The summed E-state index contributed by atoms with van der Waals surface area (Å²) < 4.78 is 0. The van der Waals surface area contributed by atoms with Crippen LogP contribution in [0.1, 0.15) is 20.8 Å². The van der Waals surface area contributed by atoms with Crippen LogP contribution in [-0.2, 0) is 19.2 Å². The van der Waals surface area contributed by atoms with Crippen LogP contribution in [-0.4, -0.2) is 87.6 Å². The lowest BCUT2D eigenvalue weighted by atomic mass is 10.0. The first kappa shape index (κ1) is 24.7. The molecule has 0 spiro atoms. The molecule has 0 aromatic carbocycles. The zero-order valence-electron chi connectivity index (χ0n) is 15.4. The first-order valence-electron chi connectivity index (χ1n) is 8.25. The summed E-state index contributed by atoms with van der Waals surface area (Å²) in [7, 11) is 0. The van der Waals surface area contributed by atoms with Crippen molar-refractivity contribution in [3.05, 3.63) is 0 Å². The van der Waals surface area contributed by atoms with Crippen LogP contribution in [0.4, 0.5) is 0 Å². The number of hydrogen-bond donors (Lipinski definition) is 8. The number of aliphatic hydroxyl groups excluding tert-OH is 3. The van der Waals surface area contributed by atoms with Crippen molar-refractivity contribution >= 4 is 23.7 Å². The summed E-state index contributed by atoms with van der Waals surface area (Å²) in [6, 6.07) is -5.51. The van der Waals surface area contributed by atoms with Gasteiger partial charge in [0.15, 0.2) is 0 Å². The second-order valence-corrected chi connectivity index (χ2v) is 6.33. The van der Waals surface area contributed by atoms with Gasteiger partial charge in [-0.1, -0.05) is 13.8 Å². The molecule has 12 nitrogen and oxygen atoms in total. The third kappa shape index (κ3) is 7.86. The predicted octanol–water partition coefficient (Wildman–Crippen LogP) is -4.13. The fraction of sp³-hybridized carbons (Fsp3) is 0.733. The molecule has 0 fully saturated rings. The van der Waals surface area contributed by atoms with Gasteiger partial charge in [-0.25, -0.2) is 4.79 Å². The van der Waals surface area contributed by atoms with E-state index in [1.165, 1.54) is 6.92 Å². The van der Waals surface area contributed by atoms with E-state index in [1.54, 1.807) is 13.8 Å². The Bertz CT molecular complexity index is 540. The van der Waals surface area contributed by atoms with E-state index >= 15 is 0 Å². The smallest absolute Gasteiger partial charge is 0.328 e. The van der Waals surface area contributed by atoms with Crippen LogP contribution in [0, 0.1) is 5.92 Å². The third-order valence-corrected chi connectivity index (χ3v) is 3.64. The van der Waals surface area contributed by atoms with Crippen LogP contribution in [0.15, 0.2) is 0 Å². The number of carboxylic acids is 1. The van der Waals surface area contributed by atoms with Crippen molar-refractivity contribution in [1.82, 2.24) is 16.0 Å². The third-order valence-electron chi connectivity index (χ3n) is 3.64. The molecule has 0 aliphatic heterocycles. The van der Waals surface area contributed by atoms with Gasteiger partial charge in [-0.3, -0.25) is 14.4 Å². The molecular weight excluding hydrogens is 364 g/mol. The maximum Gasteiger partial charge on any atom is 0.328 e. The van der Waals surface area contributed by atoms with E-state index in [0.29, 0.717) is 0 Å². The van der Waals surface area contributed by atoms with E-state index in [4.69, 9.17) is 21.1 Å². The minimum atomic E-state index is -1.55. The van der Waals surface area contributed by atoms with Crippen LogP contribution >= 0.6 is 0 Å². The Morgan fingerprint density at radius 1 is 0.852 bits per heavy atom. The van der Waals surface area contributed by atoms with E-state index < -0.39 is 73.1 Å². The van der Waals surface area contributed by atoms with E-state index in [1.807, 2.05) is 0 Å². The van der Waals surface area contributed by atoms with Gasteiger partial charge in [0.1, 0.15) is 24.2 Å². The van der Waals surface area contributed by atoms with Crippen LogP contribution in [0.3, 0.4) is 0 Å². The number of hydrogen-bond acceptors (Lipinski definition) is 8. The van der Waals surface area contributed by atoms with E-state index in [2.05, 4.69) is 16.0 Å². The molecule has 0 rings (SSSR count). The molecule has 5 atom stereocenters. The number of nitrogens with two attached hydrogens (primary N) is 1. The molecule has 0 aromatic heterocycles. The highest BCUT2D eigenvalue weighted by molar-refractivity contribution is 5.94. The number of rotatable bonds is 11. The van der Waals surface area contributed by atoms with Crippen LogP contribution in [0.2, 0.25) is 0 Å². The van der Waals surface area contributed by atoms with Gasteiger partial charge in [0, 0.05) is 0 Å². The molecule has 0 aliphatic rings. The van der Waals surface area contributed by atoms with Gasteiger partial charge < -0.3 is 42.1 Å². The highest BCUT2D eigenvalue weighted by atomic mass is 16.4. The van der Waals surface area contributed by atoms with Gasteiger partial charge >= 0.3 is 5.97 Å². The molecule has 0 saturated heterocycles. The van der Waals surface area contributed by atoms with Gasteiger partial charge in [-0.05, 0) is 12.8 Å². The molecular formula is C15H28N4O8. The molecule has 0 saturated carbocycles. The largest absolute Gasteiger partial charge is 0.480 e. The lowest BCUT2D eigenvalue weighted by Gasteiger charge is -2.27. The maximum atomic E-state index is 12.4. The lowest BCUT2D eigenvalue weighted by Crippen LogP contribution is -2.61. The van der Waals surface area contributed by atoms with Crippen molar-refractivity contribution in [2.75, 3.05) is 13.2 Å². The Balaban J connectivity index is 5.24. The Hall–Kier alpha value is -2.28. The Labute approximate surface area is 156 Å². The number of aliphatic carboxylic acids is 1.